The molecule has 0 aliphatic carbocycles. The summed E-state index contributed by atoms with van der Waals surface area (Å²) in [5, 5.41) is 1.90. The van der Waals surface area contributed by atoms with Crippen molar-refractivity contribution in [3.63, 3.8) is 0 Å². The van der Waals surface area contributed by atoms with E-state index in [1.165, 1.54) is 84.2 Å². The molecule has 1 rings (SSSR count). The second kappa shape index (κ2) is 13.3. The van der Waals surface area contributed by atoms with Gasteiger partial charge in [0, 0.05) is 16.9 Å². The van der Waals surface area contributed by atoms with Crippen molar-refractivity contribution >= 4 is 17.7 Å². The SMILES string of the molecule is CCCCCCC1CCC(CCCCCCCC(=O)OC)S1. The summed E-state index contributed by atoms with van der Waals surface area (Å²) in [5.41, 5.74) is 0. The normalized spacial score (nSPS) is 21.2. The van der Waals surface area contributed by atoms with Gasteiger partial charge in [0.15, 0.2) is 0 Å². The Morgan fingerprint density at radius 3 is 2.05 bits per heavy atom. The summed E-state index contributed by atoms with van der Waals surface area (Å²) in [6.07, 6.45) is 18.1. The fourth-order valence-corrected chi connectivity index (χ4v) is 4.97. The molecule has 1 heterocycles. The third-order valence-electron chi connectivity index (χ3n) is 4.71. The number of rotatable bonds is 13. The van der Waals surface area contributed by atoms with E-state index in [2.05, 4.69) is 23.4 Å². The highest BCUT2D eigenvalue weighted by Crippen LogP contribution is 2.39. The number of esters is 1. The first-order valence-corrected chi connectivity index (χ1v) is 10.4. The lowest BCUT2D eigenvalue weighted by Crippen LogP contribution is -1.99. The van der Waals surface area contributed by atoms with Gasteiger partial charge in [-0.1, -0.05) is 58.3 Å². The maximum atomic E-state index is 11.0. The van der Waals surface area contributed by atoms with E-state index in [0.29, 0.717) is 6.42 Å². The Bertz CT molecular complexity index is 281. The molecule has 0 bridgehead atoms. The molecular weight excluding hydrogens is 292 g/mol. The third-order valence-corrected chi connectivity index (χ3v) is 6.42. The second-order valence-electron chi connectivity index (χ2n) is 6.69. The molecule has 2 atom stereocenters. The van der Waals surface area contributed by atoms with Crippen molar-refractivity contribution in [1.29, 1.82) is 0 Å². The van der Waals surface area contributed by atoms with Crippen molar-refractivity contribution in [2.75, 3.05) is 7.11 Å². The van der Waals surface area contributed by atoms with Gasteiger partial charge in [0.25, 0.3) is 0 Å². The van der Waals surface area contributed by atoms with E-state index in [1.807, 2.05) is 0 Å². The Labute approximate surface area is 142 Å². The van der Waals surface area contributed by atoms with Crippen LogP contribution in [0.25, 0.3) is 0 Å². The maximum absolute atomic E-state index is 11.0. The summed E-state index contributed by atoms with van der Waals surface area (Å²) in [4.78, 5) is 11.0. The Balaban J connectivity index is 1.88. The molecule has 2 nitrogen and oxygen atoms in total. The number of hydrogen-bond acceptors (Lipinski definition) is 3. The monoisotopic (exact) mass is 328 g/mol. The maximum Gasteiger partial charge on any atom is 0.305 e. The van der Waals surface area contributed by atoms with Gasteiger partial charge in [0.05, 0.1) is 7.11 Å². The molecule has 22 heavy (non-hydrogen) atoms. The van der Waals surface area contributed by atoms with Crippen molar-refractivity contribution in [2.24, 2.45) is 0 Å². The molecule has 1 aliphatic rings. The average molecular weight is 329 g/mol. The lowest BCUT2D eigenvalue weighted by molar-refractivity contribution is -0.140. The molecule has 0 N–H and O–H groups in total. The van der Waals surface area contributed by atoms with Crippen LogP contribution in [0.4, 0.5) is 0 Å². The Morgan fingerprint density at radius 2 is 1.45 bits per heavy atom. The van der Waals surface area contributed by atoms with Crippen LogP contribution in [0.2, 0.25) is 0 Å². The Kier molecular flexibility index (Phi) is 12.0. The van der Waals surface area contributed by atoms with Crippen molar-refractivity contribution < 1.29 is 9.53 Å². The Hall–Kier alpha value is -0.180. The standard InChI is InChI=1S/C19H36O2S/c1-3-4-5-9-12-17-15-16-18(22-17)13-10-7-6-8-11-14-19(20)21-2/h17-18H,3-16H2,1-2H3. The van der Waals surface area contributed by atoms with Crippen LogP contribution < -0.4 is 0 Å². The molecule has 0 saturated carbocycles. The van der Waals surface area contributed by atoms with Crippen LogP contribution in [0.15, 0.2) is 0 Å². The molecular formula is C19H36O2S. The molecule has 2 unspecified atom stereocenters. The van der Waals surface area contributed by atoms with Gasteiger partial charge in [-0.25, -0.2) is 0 Å². The molecule has 130 valence electrons. The van der Waals surface area contributed by atoms with Gasteiger partial charge in [-0.3, -0.25) is 4.79 Å². The van der Waals surface area contributed by atoms with Crippen LogP contribution in [-0.2, 0) is 9.53 Å². The summed E-state index contributed by atoms with van der Waals surface area (Å²) >= 11 is 2.28. The van der Waals surface area contributed by atoms with Crippen molar-refractivity contribution in [2.45, 2.75) is 107 Å². The van der Waals surface area contributed by atoms with Crippen molar-refractivity contribution in [3.8, 4) is 0 Å². The van der Waals surface area contributed by atoms with Crippen LogP contribution in [0.3, 0.4) is 0 Å². The highest BCUT2D eigenvalue weighted by molar-refractivity contribution is 8.00. The van der Waals surface area contributed by atoms with Gasteiger partial charge in [0.1, 0.15) is 0 Å². The first kappa shape index (κ1) is 19.9. The van der Waals surface area contributed by atoms with Crippen LogP contribution >= 0.6 is 11.8 Å². The summed E-state index contributed by atoms with van der Waals surface area (Å²) < 4.78 is 4.66. The summed E-state index contributed by atoms with van der Waals surface area (Å²) in [6.45, 7) is 2.29. The fraction of sp³-hybridized carbons (Fsp3) is 0.947. The van der Waals surface area contributed by atoms with E-state index >= 15 is 0 Å². The lowest BCUT2D eigenvalue weighted by Gasteiger charge is -2.11. The first-order chi connectivity index (χ1) is 10.8. The molecule has 1 aliphatic heterocycles. The average Bonchev–Trinajstić information content (AvgIpc) is 2.98. The van der Waals surface area contributed by atoms with E-state index < -0.39 is 0 Å². The molecule has 0 spiro atoms. The van der Waals surface area contributed by atoms with Gasteiger partial charge in [-0.05, 0) is 32.1 Å². The largest absolute Gasteiger partial charge is 0.469 e. The number of unbranched alkanes of at least 4 members (excludes halogenated alkanes) is 7. The number of methoxy groups -OCH3 is 1. The summed E-state index contributed by atoms with van der Waals surface area (Å²) in [6, 6.07) is 0. The van der Waals surface area contributed by atoms with Gasteiger partial charge in [-0.2, -0.15) is 11.8 Å². The van der Waals surface area contributed by atoms with Crippen LogP contribution in [0.1, 0.15) is 96.8 Å². The zero-order valence-electron chi connectivity index (χ0n) is 14.8. The minimum atomic E-state index is -0.0627. The molecule has 3 heteroatoms. The van der Waals surface area contributed by atoms with E-state index in [0.717, 1.165) is 16.9 Å². The Morgan fingerprint density at radius 1 is 0.909 bits per heavy atom. The van der Waals surface area contributed by atoms with E-state index in [1.54, 1.807) is 0 Å². The number of ether oxygens (including phenoxy) is 1. The predicted octanol–water partition coefficient (Wildman–Crippen LogP) is 6.12. The minimum Gasteiger partial charge on any atom is -0.469 e. The van der Waals surface area contributed by atoms with Crippen molar-refractivity contribution in [1.82, 2.24) is 0 Å². The zero-order valence-corrected chi connectivity index (χ0v) is 15.6. The van der Waals surface area contributed by atoms with Gasteiger partial charge in [-0.15, -0.1) is 0 Å². The lowest BCUT2D eigenvalue weighted by atomic mass is 10.0. The number of thioether (sulfide) groups is 1. The first-order valence-electron chi connectivity index (χ1n) is 9.48. The molecule has 0 amide bonds. The highest BCUT2D eigenvalue weighted by Gasteiger charge is 2.24. The van der Waals surface area contributed by atoms with E-state index in [-0.39, 0.29) is 5.97 Å². The highest BCUT2D eigenvalue weighted by atomic mass is 32.2. The minimum absolute atomic E-state index is 0.0627. The summed E-state index contributed by atoms with van der Waals surface area (Å²) in [7, 11) is 1.47. The van der Waals surface area contributed by atoms with E-state index in [4.69, 9.17) is 0 Å². The van der Waals surface area contributed by atoms with Gasteiger partial charge in [0.2, 0.25) is 0 Å². The number of hydrogen-bond donors (Lipinski definition) is 0. The van der Waals surface area contributed by atoms with Gasteiger partial charge < -0.3 is 4.74 Å². The summed E-state index contributed by atoms with van der Waals surface area (Å²) in [5.74, 6) is -0.0627. The fourth-order valence-electron chi connectivity index (χ4n) is 3.28. The molecule has 1 saturated heterocycles. The quantitative estimate of drug-likeness (QED) is 0.301. The van der Waals surface area contributed by atoms with Gasteiger partial charge >= 0.3 is 5.97 Å². The second-order valence-corrected chi connectivity index (χ2v) is 8.29. The van der Waals surface area contributed by atoms with Crippen LogP contribution in [-0.4, -0.2) is 23.6 Å². The van der Waals surface area contributed by atoms with E-state index in [9.17, 15) is 4.79 Å². The zero-order chi connectivity index (χ0) is 16.0. The van der Waals surface area contributed by atoms with Crippen LogP contribution in [0, 0.1) is 0 Å². The topological polar surface area (TPSA) is 26.3 Å². The number of carbonyl (C=O) groups is 1. The molecule has 0 aromatic carbocycles. The molecule has 0 aromatic heterocycles. The third kappa shape index (κ3) is 9.76. The number of carbonyl (C=O) groups excluding carboxylic acids is 1. The van der Waals surface area contributed by atoms with Crippen molar-refractivity contribution in [3.05, 3.63) is 0 Å². The predicted molar refractivity (Wildman–Crippen MR) is 97.5 cm³/mol. The smallest absolute Gasteiger partial charge is 0.305 e. The van der Waals surface area contributed by atoms with Crippen LogP contribution in [0.5, 0.6) is 0 Å². The molecule has 1 fully saturated rings. The molecule has 0 radical (unpaired) electrons. The molecule has 0 aromatic rings.